The van der Waals surface area contributed by atoms with Gasteiger partial charge in [-0.15, -0.1) is 0 Å². The third kappa shape index (κ3) is 3.70. The molecule has 0 saturated heterocycles. The van der Waals surface area contributed by atoms with Gasteiger partial charge in [-0.3, -0.25) is 4.79 Å². The van der Waals surface area contributed by atoms with E-state index in [2.05, 4.69) is 44.6 Å². The Morgan fingerprint density at radius 2 is 1.81 bits per heavy atom. The first-order chi connectivity index (χ1) is 12.8. The van der Waals surface area contributed by atoms with Gasteiger partial charge >= 0.3 is 0 Å². The summed E-state index contributed by atoms with van der Waals surface area (Å²) >= 11 is 0. The van der Waals surface area contributed by atoms with Crippen LogP contribution in [0.2, 0.25) is 0 Å². The second-order valence-corrected chi connectivity index (χ2v) is 6.22. The lowest BCUT2D eigenvalue weighted by Gasteiger charge is -2.07. The maximum atomic E-state index is 12.2. The van der Waals surface area contributed by atoms with Crippen LogP contribution in [0.15, 0.2) is 72.0 Å². The Bertz CT molecular complexity index is 1050. The average molecular weight is 345 g/mol. The SMILES string of the molecule is O=c1[nH]c2ccccc2cc1CNCc1ccc(Cn2cncn2)cc1. The first kappa shape index (κ1) is 16.2. The van der Waals surface area contributed by atoms with E-state index >= 15 is 0 Å². The summed E-state index contributed by atoms with van der Waals surface area (Å²) in [7, 11) is 0. The molecular weight excluding hydrogens is 326 g/mol. The van der Waals surface area contributed by atoms with Gasteiger partial charge in [-0.25, -0.2) is 9.67 Å². The van der Waals surface area contributed by atoms with Gasteiger partial charge in [-0.2, -0.15) is 5.10 Å². The van der Waals surface area contributed by atoms with Gasteiger partial charge in [0.1, 0.15) is 12.7 Å². The first-order valence-electron chi connectivity index (χ1n) is 8.50. The van der Waals surface area contributed by atoms with Crippen molar-refractivity contribution < 1.29 is 0 Å². The molecule has 0 radical (unpaired) electrons. The monoisotopic (exact) mass is 345 g/mol. The van der Waals surface area contributed by atoms with E-state index in [1.165, 1.54) is 17.5 Å². The van der Waals surface area contributed by atoms with Crippen molar-refractivity contribution in [3.63, 3.8) is 0 Å². The Labute approximate surface area is 150 Å². The number of H-pyrrole nitrogens is 1. The molecule has 0 amide bonds. The Hall–Kier alpha value is -3.25. The smallest absolute Gasteiger partial charge is 0.252 e. The minimum atomic E-state index is -0.0422. The molecule has 0 fully saturated rings. The second-order valence-electron chi connectivity index (χ2n) is 6.22. The zero-order chi connectivity index (χ0) is 17.8. The van der Waals surface area contributed by atoms with E-state index in [0.717, 1.165) is 16.5 Å². The number of benzene rings is 2. The van der Waals surface area contributed by atoms with Gasteiger partial charge in [-0.05, 0) is 28.6 Å². The summed E-state index contributed by atoms with van der Waals surface area (Å²) in [6.07, 6.45) is 3.24. The summed E-state index contributed by atoms with van der Waals surface area (Å²) in [6, 6.07) is 18.1. The highest BCUT2D eigenvalue weighted by Gasteiger charge is 2.03. The molecule has 2 N–H and O–H groups in total. The van der Waals surface area contributed by atoms with Crippen LogP contribution in [0.5, 0.6) is 0 Å². The summed E-state index contributed by atoms with van der Waals surface area (Å²) in [4.78, 5) is 19.0. The van der Waals surface area contributed by atoms with Crippen molar-refractivity contribution in [1.29, 1.82) is 0 Å². The molecule has 2 heterocycles. The van der Waals surface area contributed by atoms with Crippen molar-refractivity contribution in [2.45, 2.75) is 19.6 Å². The number of fused-ring (bicyclic) bond motifs is 1. The van der Waals surface area contributed by atoms with E-state index in [-0.39, 0.29) is 5.56 Å². The van der Waals surface area contributed by atoms with Gasteiger partial charge in [0.25, 0.3) is 5.56 Å². The van der Waals surface area contributed by atoms with Crippen LogP contribution in [-0.4, -0.2) is 19.7 Å². The number of nitrogens with zero attached hydrogens (tertiary/aromatic N) is 3. The number of hydrogen-bond donors (Lipinski definition) is 2. The van der Waals surface area contributed by atoms with Gasteiger partial charge in [-0.1, -0.05) is 42.5 Å². The van der Waals surface area contributed by atoms with Gasteiger partial charge in [0.05, 0.1) is 6.54 Å². The van der Waals surface area contributed by atoms with E-state index in [0.29, 0.717) is 19.6 Å². The van der Waals surface area contributed by atoms with Gasteiger partial charge in [0, 0.05) is 24.2 Å². The van der Waals surface area contributed by atoms with Crippen LogP contribution < -0.4 is 10.9 Å². The number of aromatic amines is 1. The number of hydrogen-bond acceptors (Lipinski definition) is 4. The van der Waals surface area contributed by atoms with Gasteiger partial charge in [0.2, 0.25) is 0 Å². The molecule has 0 bridgehead atoms. The fourth-order valence-corrected chi connectivity index (χ4v) is 2.93. The molecule has 0 aliphatic rings. The third-order valence-electron chi connectivity index (χ3n) is 4.31. The van der Waals surface area contributed by atoms with Gasteiger partial charge in [0.15, 0.2) is 0 Å². The molecule has 0 aliphatic heterocycles. The van der Waals surface area contributed by atoms with Crippen molar-refractivity contribution in [1.82, 2.24) is 25.1 Å². The lowest BCUT2D eigenvalue weighted by atomic mass is 10.1. The summed E-state index contributed by atoms with van der Waals surface area (Å²) in [5.74, 6) is 0. The highest BCUT2D eigenvalue weighted by atomic mass is 16.1. The zero-order valence-electron chi connectivity index (χ0n) is 14.2. The Balaban J connectivity index is 1.37. The molecule has 2 aromatic heterocycles. The second kappa shape index (κ2) is 7.33. The summed E-state index contributed by atoms with van der Waals surface area (Å²) < 4.78 is 1.79. The minimum absolute atomic E-state index is 0.0422. The molecule has 0 spiro atoms. The van der Waals surface area contributed by atoms with Crippen molar-refractivity contribution in [3.05, 3.63) is 94.3 Å². The van der Waals surface area contributed by atoms with Crippen LogP contribution in [0, 0.1) is 0 Å². The summed E-state index contributed by atoms with van der Waals surface area (Å²) in [5, 5.41) is 8.49. The molecule has 0 saturated carbocycles. The quantitative estimate of drug-likeness (QED) is 0.563. The summed E-state index contributed by atoms with van der Waals surface area (Å²) in [5.41, 5.74) is 3.91. The van der Waals surface area contributed by atoms with Crippen LogP contribution in [0.25, 0.3) is 10.9 Å². The Morgan fingerprint density at radius 3 is 2.62 bits per heavy atom. The van der Waals surface area contributed by atoms with E-state index < -0.39 is 0 Å². The van der Waals surface area contributed by atoms with E-state index in [1.54, 1.807) is 11.0 Å². The maximum Gasteiger partial charge on any atom is 0.252 e. The number of nitrogens with one attached hydrogen (secondary N) is 2. The molecule has 130 valence electrons. The highest BCUT2D eigenvalue weighted by molar-refractivity contribution is 5.78. The predicted octanol–water partition coefficient (Wildman–Crippen LogP) is 2.46. The lowest BCUT2D eigenvalue weighted by molar-refractivity contribution is 0.679. The molecule has 0 unspecified atom stereocenters. The van der Waals surface area contributed by atoms with Gasteiger partial charge < -0.3 is 10.3 Å². The van der Waals surface area contributed by atoms with Crippen LogP contribution in [0.1, 0.15) is 16.7 Å². The molecule has 2 aromatic carbocycles. The number of para-hydroxylation sites is 1. The fourth-order valence-electron chi connectivity index (χ4n) is 2.93. The lowest BCUT2D eigenvalue weighted by Crippen LogP contribution is -2.20. The highest BCUT2D eigenvalue weighted by Crippen LogP contribution is 2.10. The first-order valence-corrected chi connectivity index (χ1v) is 8.50. The molecular formula is C20H19N5O. The zero-order valence-corrected chi connectivity index (χ0v) is 14.2. The maximum absolute atomic E-state index is 12.2. The van der Waals surface area contributed by atoms with Crippen molar-refractivity contribution >= 4 is 10.9 Å². The van der Waals surface area contributed by atoms with Crippen LogP contribution in [0.4, 0.5) is 0 Å². The molecule has 6 heteroatoms. The number of aromatic nitrogens is 4. The predicted molar refractivity (Wildman–Crippen MR) is 101 cm³/mol. The topological polar surface area (TPSA) is 75.6 Å². The van der Waals surface area contributed by atoms with Crippen molar-refractivity contribution in [3.8, 4) is 0 Å². The van der Waals surface area contributed by atoms with E-state index in [1.807, 2.05) is 30.3 Å². The molecule has 6 nitrogen and oxygen atoms in total. The Kier molecular flexibility index (Phi) is 4.57. The molecule has 26 heavy (non-hydrogen) atoms. The van der Waals surface area contributed by atoms with E-state index in [4.69, 9.17) is 0 Å². The number of rotatable bonds is 6. The van der Waals surface area contributed by atoms with Crippen molar-refractivity contribution in [2.75, 3.05) is 0 Å². The van der Waals surface area contributed by atoms with Crippen LogP contribution >= 0.6 is 0 Å². The number of pyridine rings is 1. The van der Waals surface area contributed by atoms with Crippen molar-refractivity contribution in [2.24, 2.45) is 0 Å². The normalized spacial score (nSPS) is 11.1. The van der Waals surface area contributed by atoms with E-state index in [9.17, 15) is 4.79 Å². The standard InChI is InChI=1S/C20H19N5O/c26-20-18(9-17-3-1-2-4-19(17)24-20)11-21-10-15-5-7-16(8-6-15)12-25-14-22-13-23-25/h1-9,13-14,21H,10-12H2,(H,24,26). The Morgan fingerprint density at radius 1 is 1.00 bits per heavy atom. The molecule has 4 aromatic rings. The fraction of sp³-hybridized carbons (Fsp3) is 0.150. The third-order valence-corrected chi connectivity index (χ3v) is 4.31. The molecule has 4 rings (SSSR count). The minimum Gasteiger partial charge on any atom is -0.322 e. The van der Waals surface area contributed by atoms with Crippen LogP contribution in [-0.2, 0) is 19.6 Å². The molecule has 0 atom stereocenters. The molecule has 0 aliphatic carbocycles. The van der Waals surface area contributed by atoms with Crippen LogP contribution in [0.3, 0.4) is 0 Å². The average Bonchev–Trinajstić information content (AvgIpc) is 3.16. The largest absolute Gasteiger partial charge is 0.322 e. The summed E-state index contributed by atoms with van der Waals surface area (Å²) in [6.45, 7) is 1.94.